The topological polar surface area (TPSA) is 35.5 Å². The molecule has 2 aromatic carbocycles. The van der Waals surface area contributed by atoms with Crippen molar-refractivity contribution in [2.24, 2.45) is 5.92 Å². The van der Waals surface area contributed by atoms with Crippen LogP contribution in [0, 0.1) is 5.92 Å². The molecule has 2 aromatic rings. The van der Waals surface area contributed by atoms with Crippen molar-refractivity contribution in [2.45, 2.75) is 25.7 Å². The van der Waals surface area contributed by atoms with Crippen LogP contribution >= 0.6 is 0 Å². The molecule has 0 fully saturated rings. The van der Waals surface area contributed by atoms with Gasteiger partial charge in [0.25, 0.3) is 5.92 Å². The lowest BCUT2D eigenvalue weighted by atomic mass is 9.90. The fraction of sp³-hybridized carbons (Fsp3) is 0.316. The van der Waals surface area contributed by atoms with Crippen molar-refractivity contribution in [3.8, 4) is 11.5 Å². The minimum Gasteiger partial charge on any atom is -0.454 e. The fourth-order valence-electron chi connectivity index (χ4n) is 2.69. The van der Waals surface area contributed by atoms with E-state index in [-0.39, 0.29) is 13.2 Å². The maximum absolute atomic E-state index is 14.4. The van der Waals surface area contributed by atoms with Crippen LogP contribution in [0.3, 0.4) is 0 Å². The number of hydrogen-bond acceptors (Lipinski definition) is 3. The third-order valence-electron chi connectivity index (χ3n) is 4.19. The third kappa shape index (κ3) is 3.55. The zero-order valence-electron chi connectivity index (χ0n) is 13.3. The molecule has 3 rings (SSSR count). The lowest BCUT2D eigenvalue weighted by Gasteiger charge is -2.23. The summed E-state index contributed by atoms with van der Waals surface area (Å²) in [5.41, 5.74) is 1.05. The van der Waals surface area contributed by atoms with Crippen molar-refractivity contribution in [2.75, 3.05) is 6.79 Å². The minimum atomic E-state index is -3.08. The van der Waals surface area contributed by atoms with Gasteiger partial charge in [-0.2, -0.15) is 0 Å². The van der Waals surface area contributed by atoms with Crippen LogP contribution in [0.25, 0.3) is 0 Å². The van der Waals surface area contributed by atoms with Gasteiger partial charge in [-0.05, 0) is 24.1 Å². The molecule has 0 amide bonds. The van der Waals surface area contributed by atoms with Gasteiger partial charge in [-0.3, -0.25) is 4.79 Å². The molecule has 3 nitrogen and oxygen atoms in total. The lowest BCUT2D eigenvalue weighted by molar-refractivity contribution is -0.0508. The molecule has 0 saturated carbocycles. The summed E-state index contributed by atoms with van der Waals surface area (Å²) in [6.07, 6.45) is -0.631. The van der Waals surface area contributed by atoms with E-state index >= 15 is 0 Å². The second-order valence-corrected chi connectivity index (χ2v) is 6.02. The molecule has 24 heavy (non-hydrogen) atoms. The van der Waals surface area contributed by atoms with E-state index in [1.807, 2.05) is 0 Å². The summed E-state index contributed by atoms with van der Waals surface area (Å²) >= 11 is 0. The molecule has 1 aliphatic heterocycles. The molecular weight excluding hydrogens is 314 g/mol. The Labute approximate surface area is 139 Å². The first-order valence-corrected chi connectivity index (χ1v) is 7.80. The first kappa shape index (κ1) is 16.4. The summed E-state index contributed by atoms with van der Waals surface area (Å²) in [7, 11) is 0. The molecule has 126 valence electrons. The second-order valence-electron chi connectivity index (χ2n) is 6.02. The zero-order chi connectivity index (χ0) is 17.2. The summed E-state index contributed by atoms with van der Waals surface area (Å²) in [5, 5.41) is 0. The number of halogens is 2. The molecule has 1 aliphatic rings. The van der Waals surface area contributed by atoms with Gasteiger partial charge < -0.3 is 9.47 Å². The van der Waals surface area contributed by atoms with Crippen molar-refractivity contribution >= 4 is 5.78 Å². The van der Waals surface area contributed by atoms with Crippen LogP contribution in [0.4, 0.5) is 8.78 Å². The van der Waals surface area contributed by atoms with E-state index < -0.39 is 24.0 Å². The van der Waals surface area contributed by atoms with Crippen molar-refractivity contribution in [1.29, 1.82) is 0 Å². The molecule has 0 spiro atoms. The quantitative estimate of drug-likeness (QED) is 0.731. The number of alkyl halides is 2. The van der Waals surface area contributed by atoms with Crippen LogP contribution < -0.4 is 9.47 Å². The number of Topliss-reactive ketones (excluding diaryl/α,β-unsaturated/α-hetero) is 1. The molecule has 0 aromatic heterocycles. The maximum atomic E-state index is 14.4. The molecule has 0 N–H and O–H groups in total. The van der Waals surface area contributed by atoms with E-state index in [1.165, 1.54) is 6.92 Å². The Balaban J connectivity index is 1.66. The number of carbonyl (C=O) groups excluding carboxylic acids is 1. The molecule has 0 bridgehead atoms. The van der Waals surface area contributed by atoms with E-state index in [9.17, 15) is 13.6 Å². The van der Waals surface area contributed by atoms with Gasteiger partial charge in [0.1, 0.15) is 0 Å². The summed E-state index contributed by atoms with van der Waals surface area (Å²) in [5.74, 6) is -3.40. The number of benzene rings is 2. The second kappa shape index (κ2) is 6.59. The Bertz CT molecular complexity index is 729. The highest BCUT2D eigenvalue weighted by Gasteiger charge is 2.38. The summed E-state index contributed by atoms with van der Waals surface area (Å²) < 4.78 is 39.3. The Morgan fingerprint density at radius 2 is 1.83 bits per heavy atom. The summed E-state index contributed by atoms with van der Waals surface area (Å²) in [6.45, 7) is 1.61. The molecule has 0 radical (unpaired) electrons. The van der Waals surface area contributed by atoms with Gasteiger partial charge in [-0.1, -0.05) is 43.3 Å². The van der Waals surface area contributed by atoms with E-state index in [4.69, 9.17) is 9.47 Å². The number of rotatable bonds is 6. The maximum Gasteiger partial charge on any atom is 0.258 e. The average molecular weight is 332 g/mol. The Kier molecular flexibility index (Phi) is 4.51. The van der Waals surface area contributed by atoms with Crippen molar-refractivity contribution < 1.29 is 23.0 Å². The zero-order valence-corrected chi connectivity index (χ0v) is 13.3. The van der Waals surface area contributed by atoms with E-state index in [2.05, 4.69) is 0 Å². The predicted molar refractivity (Wildman–Crippen MR) is 85.8 cm³/mol. The van der Waals surface area contributed by atoms with Crippen LogP contribution in [-0.2, 0) is 6.42 Å². The van der Waals surface area contributed by atoms with Crippen molar-refractivity contribution in [1.82, 2.24) is 0 Å². The monoisotopic (exact) mass is 332 g/mol. The van der Waals surface area contributed by atoms with Gasteiger partial charge in [0.15, 0.2) is 17.3 Å². The van der Waals surface area contributed by atoms with Crippen molar-refractivity contribution in [3.05, 3.63) is 59.7 Å². The van der Waals surface area contributed by atoms with Gasteiger partial charge in [0, 0.05) is 11.5 Å². The molecule has 0 saturated heterocycles. The highest BCUT2D eigenvalue weighted by atomic mass is 19.3. The number of fused-ring (bicyclic) bond motifs is 1. The number of carbonyl (C=O) groups is 1. The van der Waals surface area contributed by atoms with E-state index in [0.717, 1.165) is 5.56 Å². The van der Waals surface area contributed by atoms with Crippen LogP contribution in [0.2, 0.25) is 0 Å². The normalized spacial score (nSPS) is 14.5. The summed E-state index contributed by atoms with van der Waals surface area (Å²) in [4.78, 5) is 12.1. The van der Waals surface area contributed by atoms with Gasteiger partial charge >= 0.3 is 0 Å². The Hall–Kier alpha value is -2.43. The van der Waals surface area contributed by atoms with E-state index in [0.29, 0.717) is 17.1 Å². The molecule has 5 heteroatoms. The standard InChI is InChI=1S/C19H18F2O3/c1-13(9-14-7-8-17-18(10-14)24-12-23-17)19(20,21)11-16(22)15-5-3-2-4-6-15/h2-8,10,13H,9,11-12H2,1H3. The highest BCUT2D eigenvalue weighted by Crippen LogP contribution is 2.36. The van der Waals surface area contributed by atoms with E-state index in [1.54, 1.807) is 48.5 Å². The Morgan fingerprint density at radius 1 is 1.12 bits per heavy atom. The largest absolute Gasteiger partial charge is 0.454 e. The highest BCUT2D eigenvalue weighted by molar-refractivity contribution is 5.96. The number of ether oxygens (including phenoxy) is 2. The van der Waals surface area contributed by atoms with Gasteiger partial charge in [0.05, 0.1) is 6.42 Å². The van der Waals surface area contributed by atoms with Crippen LogP contribution in [-0.4, -0.2) is 18.5 Å². The SMILES string of the molecule is CC(Cc1ccc2c(c1)OCO2)C(F)(F)CC(=O)c1ccccc1. The van der Waals surface area contributed by atoms with Crippen LogP contribution in [0.5, 0.6) is 11.5 Å². The van der Waals surface area contributed by atoms with Crippen LogP contribution in [0.1, 0.15) is 29.3 Å². The van der Waals surface area contributed by atoms with Gasteiger partial charge in [-0.15, -0.1) is 0 Å². The first-order chi connectivity index (χ1) is 11.5. The Morgan fingerprint density at radius 3 is 2.58 bits per heavy atom. The fourth-order valence-corrected chi connectivity index (χ4v) is 2.69. The van der Waals surface area contributed by atoms with Crippen molar-refractivity contribution in [3.63, 3.8) is 0 Å². The number of ketones is 1. The summed E-state index contributed by atoms with van der Waals surface area (Å²) in [6, 6.07) is 13.4. The lowest BCUT2D eigenvalue weighted by Crippen LogP contribution is -2.30. The van der Waals surface area contributed by atoms with Gasteiger partial charge in [0.2, 0.25) is 6.79 Å². The van der Waals surface area contributed by atoms with Gasteiger partial charge in [-0.25, -0.2) is 8.78 Å². The first-order valence-electron chi connectivity index (χ1n) is 7.80. The number of hydrogen-bond donors (Lipinski definition) is 0. The third-order valence-corrected chi connectivity index (χ3v) is 4.19. The smallest absolute Gasteiger partial charge is 0.258 e. The molecule has 1 unspecified atom stereocenters. The molecule has 0 aliphatic carbocycles. The minimum absolute atomic E-state index is 0.149. The molecular formula is C19H18F2O3. The predicted octanol–water partition coefficient (Wildman–Crippen LogP) is 4.50. The average Bonchev–Trinajstić information content (AvgIpc) is 3.03. The molecule has 1 atom stereocenters. The molecule has 1 heterocycles. The van der Waals surface area contributed by atoms with Crippen LogP contribution in [0.15, 0.2) is 48.5 Å².